The molecular formula is C13H12N2O3S. The van der Waals surface area contributed by atoms with E-state index in [0.29, 0.717) is 11.3 Å². The summed E-state index contributed by atoms with van der Waals surface area (Å²) >= 11 is 1.38. The number of thioether (sulfide) groups is 1. The van der Waals surface area contributed by atoms with Crippen molar-refractivity contribution < 1.29 is 14.7 Å². The minimum atomic E-state index is -1.09. The molecule has 0 saturated carbocycles. The number of rotatable bonds is 3. The Labute approximate surface area is 114 Å². The van der Waals surface area contributed by atoms with Gasteiger partial charge >= 0.3 is 5.97 Å². The molecule has 98 valence electrons. The maximum atomic E-state index is 11.5. The summed E-state index contributed by atoms with van der Waals surface area (Å²) in [4.78, 5) is 24.8. The van der Waals surface area contributed by atoms with Crippen molar-refractivity contribution in [3.8, 4) is 0 Å². The fourth-order valence-electron chi connectivity index (χ4n) is 2.31. The zero-order valence-electron chi connectivity index (χ0n) is 9.95. The Bertz CT molecular complexity index is 585. The van der Waals surface area contributed by atoms with Crippen molar-refractivity contribution in [1.82, 2.24) is 4.90 Å². The maximum absolute atomic E-state index is 11.5. The number of fused-ring (bicyclic) bond motifs is 1. The molecular weight excluding hydrogens is 264 g/mol. The van der Waals surface area contributed by atoms with Crippen LogP contribution in [-0.4, -0.2) is 27.3 Å². The van der Waals surface area contributed by atoms with Gasteiger partial charge in [-0.15, -0.1) is 11.8 Å². The first-order valence-corrected chi connectivity index (χ1v) is 6.74. The molecule has 0 spiro atoms. The van der Waals surface area contributed by atoms with Gasteiger partial charge in [-0.25, -0.2) is 4.79 Å². The van der Waals surface area contributed by atoms with Crippen LogP contribution in [0.5, 0.6) is 0 Å². The molecule has 2 heterocycles. The number of carbonyl (C=O) groups is 2. The van der Waals surface area contributed by atoms with E-state index in [1.54, 1.807) is 0 Å². The van der Waals surface area contributed by atoms with Crippen LogP contribution in [0.4, 0.5) is 0 Å². The maximum Gasteiger partial charge on any atom is 0.353 e. The van der Waals surface area contributed by atoms with E-state index < -0.39 is 12.0 Å². The summed E-state index contributed by atoms with van der Waals surface area (Å²) in [5.41, 5.74) is 7.04. The zero-order chi connectivity index (χ0) is 13.6. The molecule has 0 radical (unpaired) electrons. The lowest BCUT2D eigenvalue weighted by Crippen LogP contribution is -2.48. The SMILES string of the molecule is NC(C1=C(C(=O)O)N2C(=O)C[C@H]2S1)c1ccccc1. The number of hydrogen-bond acceptors (Lipinski definition) is 4. The summed E-state index contributed by atoms with van der Waals surface area (Å²) < 4.78 is 0. The Kier molecular flexibility index (Phi) is 2.83. The lowest BCUT2D eigenvalue weighted by Gasteiger charge is -2.33. The highest BCUT2D eigenvalue weighted by molar-refractivity contribution is 8.04. The van der Waals surface area contributed by atoms with Crippen LogP contribution in [0.25, 0.3) is 0 Å². The van der Waals surface area contributed by atoms with Gasteiger partial charge in [-0.2, -0.15) is 0 Å². The van der Waals surface area contributed by atoms with Gasteiger partial charge < -0.3 is 10.8 Å². The summed E-state index contributed by atoms with van der Waals surface area (Å²) in [7, 11) is 0. The minimum Gasteiger partial charge on any atom is -0.477 e. The van der Waals surface area contributed by atoms with E-state index >= 15 is 0 Å². The average molecular weight is 276 g/mol. The summed E-state index contributed by atoms with van der Waals surface area (Å²) in [6, 6.07) is 8.80. The number of nitrogens with two attached hydrogens (primary N) is 1. The molecule has 3 rings (SSSR count). The highest BCUT2D eigenvalue weighted by Gasteiger charge is 2.49. The Morgan fingerprint density at radius 1 is 1.42 bits per heavy atom. The lowest BCUT2D eigenvalue weighted by molar-refractivity contribution is -0.145. The van der Waals surface area contributed by atoms with Crippen molar-refractivity contribution in [3.63, 3.8) is 0 Å². The van der Waals surface area contributed by atoms with Gasteiger partial charge in [-0.3, -0.25) is 9.69 Å². The molecule has 5 nitrogen and oxygen atoms in total. The van der Waals surface area contributed by atoms with Gasteiger partial charge in [0.25, 0.3) is 0 Å². The van der Waals surface area contributed by atoms with E-state index in [1.165, 1.54) is 16.7 Å². The summed E-state index contributed by atoms with van der Waals surface area (Å²) in [5, 5.41) is 9.20. The van der Waals surface area contributed by atoms with Gasteiger partial charge in [-0.05, 0) is 5.56 Å². The minimum absolute atomic E-state index is 0.0441. The summed E-state index contributed by atoms with van der Waals surface area (Å²) in [5.74, 6) is -1.24. The molecule has 0 bridgehead atoms. The molecule has 2 atom stereocenters. The Balaban J connectivity index is 2.00. The third kappa shape index (κ3) is 1.84. The van der Waals surface area contributed by atoms with Crippen LogP contribution in [0, 0.1) is 0 Å². The van der Waals surface area contributed by atoms with E-state index in [0.717, 1.165) is 5.56 Å². The first-order chi connectivity index (χ1) is 9.09. The molecule has 2 aliphatic rings. The van der Waals surface area contributed by atoms with Crippen LogP contribution < -0.4 is 5.73 Å². The van der Waals surface area contributed by atoms with Crippen LogP contribution in [0.15, 0.2) is 40.9 Å². The lowest BCUT2D eigenvalue weighted by atomic mass is 10.0. The number of aliphatic carboxylic acids is 1. The van der Waals surface area contributed by atoms with E-state index in [2.05, 4.69) is 0 Å². The molecule has 3 N–H and O–H groups in total. The largest absolute Gasteiger partial charge is 0.477 e. The molecule has 1 aromatic rings. The van der Waals surface area contributed by atoms with Crippen molar-refractivity contribution in [2.75, 3.05) is 0 Å². The van der Waals surface area contributed by atoms with Crippen molar-refractivity contribution in [3.05, 3.63) is 46.5 Å². The number of nitrogens with zero attached hydrogens (tertiary/aromatic N) is 1. The average Bonchev–Trinajstić information content (AvgIpc) is 2.72. The number of carbonyl (C=O) groups excluding carboxylic acids is 1. The molecule has 6 heteroatoms. The van der Waals surface area contributed by atoms with Crippen LogP contribution in [0.3, 0.4) is 0 Å². The van der Waals surface area contributed by atoms with Gasteiger partial charge in [0.1, 0.15) is 5.70 Å². The third-order valence-electron chi connectivity index (χ3n) is 3.29. The van der Waals surface area contributed by atoms with E-state index in [4.69, 9.17) is 5.73 Å². The smallest absolute Gasteiger partial charge is 0.353 e. The standard InChI is InChI=1S/C13H12N2O3S/c14-10(7-4-2-1-3-5-7)12-11(13(17)18)15-8(16)6-9(15)19-12/h1-5,9-10H,6,14H2,(H,17,18)/t9-,10?/m1/s1. The van der Waals surface area contributed by atoms with Crippen molar-refractivity contribution in [1.29, 1.82) is 0 Å². The summed E-state index contributed by atoms with van der Waals surface area (Å²) in [6.07, 6.45) is 0.381. The fourth-order valence-corrected chi connectivity index (χ4v) is 3.74. The fraction of sp³-hybridized carbons (Fsp3) is 0.231. The first-order valence-electron chi connectivity index (χ1n) is 5.86. The molecule has 1 amide bonds. The topological polar surface area (TPSA) is 83.6 Å². The van der Waals surface area contributed by atoms with Gasteiger partial charge in [0, 0.05) is 4.91 Å². The second-order valence-corrected chi connectivity index (χ2v) is 5.67. The Hall–Kier alpha value is -1.79. The highest BCUT2D eigenvalue weighted by Crippen LogP contribution is 2.49. The second-order valence-electron chi connectivity index (χ2n) is 4.45. The van der Waals surface area contributed by atoms with Gasteiger partial charge in [0.2, 0.25) is 5.91 Å². The second kappa shape index (κ2) is 4.40. The molecule has 1 saturated heterocycles. The molecule has 0 aliphatic carbocycles. The molecule has 2 aliphatic heterocycles. The van der Waals surface area contributed by atoms with E-state index in [1.807, 2.05) is 30.3 Å². The van der Waals surface area contributed by atoms with Gasteiger partial charge in [-0.1, -0.05) is 30.3 Å². The van der Waals surface area contributed by atoms with E-state index in [9.17, 15) is 14.7 Å². The molecule has 1 fully saturated rings. The number of β-lactam (4-membered cyclic amide) rings is 1. The van der Waals surface area contributed by atoms with Crippen molar-refractivity contribution in [2.24, 2.45) is 5.73 Å². The van der Waals surface area contributed by atoms with Crippen molar-refractivity contribution in [2.45, 2.75) is 17.8 Å². The van der Waals surface area contributed by atoms with Gasteiger partial charge in [0.05, 0.1) is 17.8 Å². The van der Waals surface area contributed by atoms with E-state index in [-0.39, 0.29) is 17.0 Å². The zero-order valence-corrected chi connectivity index (χ0v) is 10.8. The number of carboxylic acid groups (broad SMARTS) is 1. The van der Waals surface area contributed by atoms with Crippen LogP contribution in [0.2, 0.25) is 0 Å². The Morgan fingerprint density at radius 3 is 2.68 bits per heavy atom. The molecule has 0 aromatic heterocycles. The predicted octanol–water partition coefficient (Wildman–Crippen LogP) is 1.29. The third-order valence-corrected chi connectivity index (χ3v) is 4.64. The monoisotopic (exact) mass is 276 g/mol. The Morgan fingerprint density at radius 2 is 2.11 bits per heavy atom. The number of benzene rings is 1. The first kappa shape index (κ1) is 12.3. The normalized spacial score (nSPS) is 23.1. The predicted molar refractivity (Wildman–Crippen MR) is 70.9 cm³/mol. The number of amides is 1. The van der Waals surface area contributed by atoms with Crippen LogP contribution in [-0.2, 0) is 9.59 Å². The number of carboxylic acids is 1. The quantitative estimate of drug-likeness (QED) is 0.813. The van der Waals surface area contributed by atoms with Gasteiger partial charge in [0.15, 0.2) is 0 Å². The highest BCUT2D eigenvalue weighted by atomic mass is 32.2. The molecule has 1 aromatic carbocycles. The van der Waals surface area contributed by atoms with Crippen molar-refractivity contribution >= 4 is 23.6 Å². The molecule has 19 heavy (non-hydrogen) atoms. The summed E-state index contributed by atoms with van der Waals surface area (Å²) in [6.45, 7) is 0. The molecule has 1 unspecified atom stereocenters. The number of hydrogen-bond donors (Lipinski definition) is 2. The van der Waals surface area contributed by atoms with Crippen LogP contribution in [0.1, 0.15) is 18.0 Å². The van der Waals surface area contributed by atoms with Crippen LogP contribution >= 0.6 is 11.8 Å².